The zero-order valence-electron chi connectivity index (χ0n) is 9.71. The number of aliphatic carboxylic acids is 1. The number of nitrogens with zero attached hydrogens (tertiary/aromatic N) is 1. The molecule has 0 aliphatic carbocycles. The molecule has 0 saturated carbocycles. The molecule has 7 nitrogen and oxygen atoms in total. The number of hydrogen-bond donors (Lipinski definition) is 2. The van der Waals surface area contributed by atoms with Gasteiger partial charge in [0.05, 0.1) is 0 Å². The zero-order chi connectivity index (χ0) is 13.5. The van der Waals surface area contributed by atoms with Crippen LogP contribution in [0.4, 0.5) is 0 Å². The van der Waals surface area contributed by atoms with Crippen molar-refractivity contribution in [3.05, 3.63) is 11.3 Å². The molecule has 2 aliphatic heterocycles. The molecule has 3 N–H and O–H groups in total. The molecule has 8 heteroatoms. The molecule has 0 bridgehead atoms. The van der Waals surface area contributed by atoms with Gasteiger partial charge in [-0.15, -0.1) is 4.59 Å². The van der Waals surface area contributed by atoms with E-state index >= 15 is 0 Å². The molecule has 0 radical (unpaired) electrons. The van der Waals surface area contributed by atoms with Gasteiger partial charge in [0.1, 0.15) is 13.0 Å². The van der Waals surface area contributed by atoms with Crippen molar-refractivity contribution < 1.29 is 28.8 Å². The van der Waals surface area contributed by atoms with Crippen LogP contribution in [0.15, 0.2) is 11.3 Å². The SMILES string of the molecule is CC(=O)OCC1=C(C(=O)O)[N+]2(N)C(=O)C[C@H]2SC1. The quantitative estimate of drug-likeness (QED) is 0.236. The normalized spacial score (nSPS) is 30.6. The number of hydrogen-bond acceptors (Lipinski definition) is 6. The minimum Gasteiger partial charge on any atom is -0.474 e. The zero-order valence-corrected chi connectivity index (χ0v) is 10.5. The molecule has 0 spiro atoms. The Labute approximate surface area is 107 Å². The molecule has 1 unspecified atom stereocenters. The predicted octanol–water partition coefficient (Wildman–Crippen LogP) is -0.418. The fourth-order valence-corrected chi connectivity index (χ4v) is 3.40. The van der Waals surface area contributed by atoms with Gasteiger partial charge in [0.2, 0.25) is 5.70 Å². The highest BCUT2D eigenvalue weighted by atomic mass is 32.2. The number of carboxylic acid groups (broad SMARTS) is 1. The molecular formula is C10H13N2O5S+. The molecule has 2 heterocycles. The third kappa shape index (κ3) is 1.82. The van der Waals surface area contributed by atoms with E-state index in [9.17, 15) is 19.5 Å². The average molecular weight is 273 g/mol. The van der Waals surface area contributed by atoms with Crippen LogP contribution in [0.3, 0.4) is 0 Å². The molecular weight excluding hydrogens is 260 g/mol. The topological polar surface area (TPSA) is 107 Å². The number of thioether (sulfide) groups is 1. The Balaban J connectivity index is 2.35. The number of esters is 1. The Morgan fingerprint density at radius 2 is 2.28 bits per heavy atom. The van der Waals surface area contributed by atoms with Crippen LogP contribution in [0.1, 0.15) is 13.3 Å². The average Bonchev–Trinajstić information content (AvgIpc) is 2.28. The van der Waals surface area contributed by atoms with Crippen molar-refractivity contribution >= 4 is 29.6 Å². The first-order chi connectivity index (χ1) is 8.37. The number of carbonyl (C=O) groups is 3. The summed E-state index contributed by atoms with van der Waals surface area (Å²) in [6.07, 6.45) is 0.277. The highest BCUT2D eigenvalue weighted by molar-refractivity contribution is 8.00. The number of fused-ring (bicyclic) bond motifs is 1. The van der Waals surface area contributed by atoms with E-state index in [2.05, 4.69) is 0 Å². The number of carbonyl (C=O) groups excluding carboxylic acids is 2. The Morgan fingerprint density at radius 1 is 1.61 bits per heavy atom. The first kappa shape index (κ1) is 13.1. The van der Waals surface area contributed by atoms with Crippen LogP contribution in [0.2, 0.25) is 0 Å². The molecule has 0 aromatic carbocycles. The van der Waals surface area contributed by atoms with E-state index in [1.54, 1.807) is 0 Å². The molecule has 2 aliphatic rings. The molecule has 1 saturated heterocycles. The van der Waals surface area contributed by atoms with Crippen molar-refractivity contribution in [2.75, 3.05) is 12.4 Å². The summed E-state index contributed by atoms with van der Waals surface area (Å²) in [6, 6.07) is 0. The fraction of sp³-hybridized carbons (Fsp3) is 0.500. The van der Waals surface area contributed by atoms with E-state index in [0.29, 0.717) is 11.3 Å². The van der Waals surface area contributed by atoms with E-state index in [4.69, 9.17) is 10.6 Å². The Kier molecular flexibility index (Phi) is 3.18. The molecule has 0 aromatic heterocycles. The van der Waals surface area contributed by atoms with Gasteiger partial charge in [0, 0.05) is 18.2 Å². The Morgan fingerprint density at radius 3 is 2.78 bits per heavy atom. The fourth-order valence-electron chi connectivity index (χ4n) is 2.07. The van der Waals surface area contributed by atoms with Gasteiger partial charge in [0.25, 0.3) is 0 Å². The number of rotatable bonds is 3. The van der Waals surface area contributed by atoms with Gasteiger partial charge < -0.3 is 9.84 Å². The van der Waals surface area contributed by atoms with E-state index in [1.807, 2.05) is 0 Å². The summed E-state index contributed by atoms with van der Waals surface area (Å²) in [5.74, 6) is 4.22. The maximum atomic E-state index is 11.6. The van der Waals surface area contributed by atoms with E-state index in [-0.39, 0.29) is 30.0 Å². The summed E-state index contributed by atoms with van der Waals surface area (Å²) < 4.78 is 4.12. The number of amides is 1. The number of carboxylic acids is 1. The smallest absolute Gasteiger partial charge is 0.393 e. The lowest BCUT2D eigenvalue weighted by Gasteiger charge is -2.46. The molecule has 1 fully saturated rings. The third-order valence-electron chi connectivity index (χ3n) is 3.02. The van der Waals surface area contributed by atoms with Gasteiger partial charge in [0.15, 0.2) is 5.37 Å². The highest BCUT2D eigenvalue weighted by Gasteiger charge is 2.62. The lowest BCUT2D eigenvalue weighted by molar-refractivity contribution is -0.863. The van der Waals surface area contributed by atoms with E-state index in [1.165, 1.54) is 18.7 Å². The molecule has 18 heavy (non-hydrogen) atoms. The molecule has 2 rings (SSSR count). The summed E-state index contributed by atoms with van der Waals surface area (Å²) >= 11 is 1.41. The summed E-state index contributed by atoms with van der Waals surface area (Å²) in [6.45, 7) is 1.10. The van der Waals surface area contributed by atoms with Crippen molar-refractivity contribution in [1.29, 1.82) is 0 Å². The number of nitrogens with two attached hydrogens (primary N) is 1. The maximum absolute atomic E-state index is 11.6. The summed E-state index contributed by atoms with van der Waals surface area (Å²) in [7, 11) is 0. The Bertz CT molecular complexity index is 475. The van der Waals surface area contributed by atoms with Crippen LogP contribution in [0.25, 0.3) is 0 Å². The largest absolute Gasteiger partial charge is 0.474 e. The lowest BCUT2D eigenvalue weighted by Crippen LogP contribution is -2.73. The summed E-state index contributed by atoms with van der Waals surface area (Å²) in [5.41, 5.74) is 0.228. The monoisotopic (exact) mass is 273 g/mol. The van der Waals surface area contributed by atoms with Crippen LogP contribution >= 0.6 is 11.8 Å². The van der Waals surface area contributed by atoms with Gasteiger partial charge in [-0.05, 0) is 0 Å². The molecule has 0 aromatic rings. The van der Waals surface area contributed by atoms with E-state index in [0.717, 1.165) is 0 Å². The van der Waals surface area contributed by atoms with Gasteiger partial charge in [-0.2, -0.15) is 5.84 Å². The minimum atomic E-state index is -1.24. The minimum absolute atomic E-state index is 0.138. The van der Waals surface area contributed by atoms with Crippen LogP contribution in [0.5, 0.6) is 0 Å². The second kappa shape index (κ2) is 4.38. The van der Waals surface area contributed by atoms with Gasteiger partial charge in [-0.3, -0.25) is 4.79 Å². The number of ether oxygens (including phenoxy) is 1. The third-order valence-corrected chi connectivity index (χ3v) is 4.42. The summed E-state index contributed by atoms with van der Waals surface area (Å²) in [4.78, 5) is 33.7. The van der Waals surface area contributed by atoms with Crippen molar-refractivity contribution in [3.8, 4) is 0 Å². The lowest BCUT2D eigenvalue weighted by atomic mass is 10.1. The molecule has 1 amide bonds. The molecule has 2 atom stereocenters. The van der Waals surface area contributed by atoms with Crippen molar-refractivity contribution in [2.24, 2.45) is 5.84 Å². The second-order valence-electron chi connectivity index (χ2n) is 4.18. The first-order valence-corrected chi connectivity index (χ1v) is 6.33. The van der Waals surface area contributed by atoms with Crippen LogP contribution < -0.4 is 5.84 Å². The maximum Gasteiger partial charge on any atom is 0.393 e. The van der Waals surface area contributed by atoms with Crippen LogP contribution in [-0.4, -0.2) is 45.3 Å². The summed E-state index contributed by atoms with van der Waals surface area (Å²) in [5, 5.41) is 8.98. The van der Waals surface area contributed by atoms with Crippen molar-refractivity contribution in [3.63, 3.8) is 0 Å². The number of β-lactam (4-membered cyclic amide) rings is 1. The van der Waals surface area contributed by atoms with Gasteiger partial charge in [-0.1, -0.05) is 11.8 Å². The van der Waals surface area contributed by atoms with Crippen LogP contribution in [-0.2, 0) is 19.1 Å². The highest BCUT2D eigenvalue weighted by Crippen LogP contribution is 2.44. The van der Waals surface area contributed by atoms with Gasteiger partial charge >= 0.3 is 17.8 Å². The van der Waals surface area contributed by atoms with Crippen molar-refractivity contribution in [2.45, 2.75) is 18.7 Å². The van der Waals surface area contributed by atoms with Crippen LogP contribution in [0, 0.1) is 0 Å². The Hall–Kier alpha value is -1.38. The first-order valence-electron chi connectivity index (χ1n) is 5.29. The molecule has 98 valence electrons. The number of quaternary nitrogens is 1. The van der Waals surface area contributed by atoms with Gasteiger partial charge in [-0.25, -0.2) is 9.59 Å². The predicted molar refractivity (Wildman–Crippen MR) is 61.6 cm³/mol. The van der Waals surface area contributed by atoms with E-state index < -0.39 is 16.5 Å². The van der Waals surface area contributed by atoms with Crippen molar-refractivity contribution in [1.82, 2.24) is 0 Å². The standard InChI is InChI=1S/C10H12N2O5S/c1-5(13)17-3-6-4-18-8-2-7(14)12(8,11)9(6)10(15)16/h8H,2-4,11H2,1H3/p+1/t8-,12?/m1/s1. The second-order valence-corrected chi connectivity index (χ2v) is 5.34.